The topological polar surface area (TPSA) is 171 Å². The molecule has 0 aromatic rings. The van der Waals surface area contributed by atoms with Crippen molar-refractivity contribution in [3.05, 3.63) is 0 Å². The first-order chi connectivity index (χ1) is 11.9. The van der Waals surface area contributed by atoms with Crippen LogP contribution in [0.25, 0.3) is 0 Å². The Kier molecular flexibility index (Phi) is 6.38. The average molecular weight is 391 g/mol. The lowest BCUT2D eigenvalue weighted by atomic mass is 9.79. The number of nitrogens with zero attached hydrogens (tertiary/aromatic N) is 1. The van der Waals surface area contributed by atoms with Crippen molar-refractivity contribution in [3.8, 4) is 0 Å². The molecule has 0 aromatic carbocycles. The Labute approximate surface area is 155 Å². The minimum Gasteiger partial charge on any atom is -0.427 e. The lowest BCUT2D eigenvalue weighted by Gasteiger charge is -2.26. The summed E-state index contributed by atoms with van der Waals surface area (Å²) in [6, 6.07) is -0.720. The zero-order valence-electron chi connectivity index (χ0n) is 15.3. The minimum absolute atomic E-state index is 0.0911. The molecule has 3 atom stereocenters. The second-order valence-corrected chi connectivity index (χ2v) is 9.54. The molecule has 26 heavy (non-hydrogen) atoms. The van der Waals surface area contributed by atoms with Crippen LogP contribution >= 0.6 is 0 Å². The van der Waals surface area contributed by atoms with E-state index < -0.39 is 40.5 Å². The molecule has 12 heteroatoms. The van der Waals surface area contributed by atoms with Crippen LogP contribution in [0.1, 0.15) is 39.5 Å². The normalized spacial score (nSPS) is 29.4. The highest BCUT2D eigenvalue weighted by molar-refractivity contribution is 7.87. The number of carbonyl (C=O) groups is 1. The van der Waals surface area contributed by atoms with Crippen LogP contribution in [-0.2, 0) is 15.0 Å². The summed E-state index contributed by atoms with van der Waals surface area (Å²) < 4.78 is 29.4. The summed E-state index contributed by atoms with van der Waals surface area (Å²) in [5, 5.41) is 20.6. The maximum absolute atomic E-state index is 12.8. The molecule has 1 heterocycles. The molecule has 0 spiro atoms. The number of amides is 1. The number of nitrogens with one attached hydrogen (secondary N) is 2. The Hall–Kier alpha value is -0.755. The van der Waals surface area contributed by atoms with Gasteiger partial charge in [0.15, 0.2) is 0 Å². The fourth-order valence-electron chi connectivity index (χ4n) is 3.22. The van der Waals surface area contributed by atoms with Crippen molar-refractivity contribution in [1.82, 2.24) is 14.3 Å². The second kappa shape index (κ2) is 7.70. The minimum atomic E-state index is -3.82. The lowest BCUT2D eigenvalue weighted by molar-refractivity contribution is -0.123. The van der Waals surface area contributed by atoms with Gasteiger partial charge in [0, 0.05) is 18.6 Å². The third-order valence-electron chi connectivity index (χ3n) is 5.08. The second-order valence-electron chi connectivity index (χ2n) is 7.87. The Bertz CT molecular complexity index is 623. The molecule has 10 nitrogen and oxygen atoms in total. The zero-order valence-corrected chi connectivity index (χ0v) is 16.1. The number of rotatable bonds is 9. The van der Waals surface area contributed by atoms with Gasteiger partial charge in [0.05, 0.1) is 6.04 Å². The monoisotopic (exact) mass is 391 g/mol. The Balaban J connectivity index is 1.98. The van der Waals surface area contributed by atoms with E-state index in [0.717, 1.165) is 0 Å². The van der Waals surface area contributed by atoms with Gasteiger partial charge in [-0.3, -0.25) is 4.79 Å². The van der Waals surface area contributed by atoms with Crippen LogP contribution in [-0.4, -0.2) is 66.1 Å². The van der Waals surface area contributed by atoms with Crippen molar-refractivity contribution >= 4 is 23.2 Å². The summed E-state index contributed by atoms with van der Waals surface area (Å²) in [5.41, 5.74) is 10.1. The van der Waals surface area contributed by atoms with Crippen molar-refractivity contribution in [2.45, 2.75) is 63.1 Å². The maximum atomic E-state index is 12.8. The van der Waals surface area contributed by atoms with Crippen LogP contribution in [0.3, 0.4) is 0 Å². The largest absolute Gasteiger partial charge is 0.451 e. The highest BCUT2D eigenvalue weighted by Gasteiger charge is 2.51. The van der Waals surface area contributed by atoms with E-state index in [4.69, 9.17) is 21.5 Å². The van der Waals surface area contributed by atoms with Crippen molar-refractivity contribution in [1.29, 1.82) is 0 Å². The van der Waals surface area contributed by atoms with Gasteiger partial charge in [-0.1, -0.05) is 6.42 Å². The molecule has 0 radical (unpaired) electrons. The van der Waals surface area contributed by atoms with Crippen molar-refractivity contribution in [2.24, 2.45) is 17.4 Å². The van der Waals surface area contributed by atoms with Crippen LogP contribution in [0, 0.1) is 5.92 Å². The molecular weight excluding hydrogens is 361 g/mol. The first-order valence-electron chi connectivity index (χ1n) is 8.89. The molecule has 0 aromatic heterocycles. The van der Waals surface area contributed by atoms with Gasteiger partial charge in [0.1, 0.15) is 5.66 Å². The molecule has 0 bridgehead atoms. The molecule has 2 rings (SSSR count). The molecule has 1 saturated heterocycles. The number of carbonyl (C=O) groups excluding carboxylic acids is 1. The van der Waals surface area contributed by atoms with Gasteiger partial charge in [-0.05, 0) is 45.3 Å². The first kappa shape index (κ1) is 21.5. The third-order valence-corrected chi connectivity index (χ3v) is 6.69. The smallest absolute Gasteiger partial charge is 0.427 e. The summed E-state index contributed by atoms with van der Waals surface area (Å²) in [7, 11) is -5.19. The van der Waals surface area contributed by atoms with Crippen LogP contribution in [0.5, 0.6) is 0 Å². The Morgan fingerprint density at radius 2 is 2.04 bits per heavy atom. The maximum Gasteiger partial charge on any atom is 0.451 e. The molecule has 1 saturated carbocycles. The van der Waals surface area contributed by atoms with Gasteiger partial charge in [0.25, 0.3) is 10.2 Å². The average Bonchev–Trinajstić information content (AvgIpc) is 3.14. The van der Waals surface area contributed by atoms with Gasteiger partial charge in [-0.25, -0.2) is 0 Å². The van der Waals surface area contributed by atoms with Crippen LogP contribution in [0.2, 0.25) is 6.32 Å². The van der Waals surface area contributed by atoms with Crippen molar-refractivity contribution < 1.29 is 23.3 Å². The third kappa shape index (κ3) is 5.38. The van der Waals surface area contributed by atoms with E-state index >= 15 is 0 Å². The van der Waals surface area contributed by atoms with E-state index in [0.29, 0.717) is 25.7 Å². The summed E-state index contributed by atoms with van der Waals surface area (Å²) in [5.74, 6) is -0.498. The fraction of sp³-hybridized carbons (Fsp3) is 0.929. The molecule has 150 valence electrons. The van der Waals surface area contributed by atoms with Crippen molar-refractivity contribution in [3.63, 3.8) is 0 Å². The van der Waals surface area contributed by atoms with Crippen molar-refractivity contribution in [2.75, 3.05) is 13.1 Å². The summed E-state index contributed by atoms with van der Waals surface area (Å²) >= 11 is 0. The van der Waals surface area contributed by atoms with E-state index in [9.17, 15) is 13.2 Å². The fourth-order valence-corrected chi connectivity index (χ4v) is 4.92. The van der Waals surface area contributed by atoms with E-state index in [1.807, 2.05) is 0 Å². The molecule has 1 aliphatic carbocycles. The van der Waals surface area contributed by atoms with Crippen LogP contribution in [0.4, 0.5) is 0 Å². The molecule has 2 aliphatic rings. The predicted molar refractivity (Wildman–Crippen MR) is 97.7 cm³/mol. The molecule has 2 fully saturated rings. The molecule has 1 aliphatic heterocycles. The summed E-state index contributed by atoms with van der Waals surface area (Å²) in [6.45, 7) is 3.74. The van der Waals surface area contributed by atoms with E-state index in [1.165, 1.54) is 11.2 Å². The summed E-state index contributed by atoms with van der Waals surface area (Å²) in [6.07, 6.45) is 2.39. The van der Waals surface area contributed by atoms with Gasteiger partial charge in [-0.2, -0.15) is 17.4 Å². The van der Waals surface area contributed by atoms with E-state index in [1.54, 1.807) is 6.92 Å². The van der Waals surface area contributed by atoms with E-state index in [2.05, 4.69) is 10.0 Å². The summed E-state index contributed by atoms with van der Waals surface area (Å²) in [4.78, 5) is 11.8. The standard InChI is InChI=1S/C14H30BN5O5S/c1-10(16)12(21)18-14(5-6-14)19-26(24,25)20-8-11(13(2,17)9-20)4-3-7-15(22)23/h10-11,19,22-23H,3-9,16-17H2,1-2H3,(H,18,21)/t10-,11-,13-/m0/s1. The molecule has 1 amide bonds. The van der Waals surface area contributed by atoms with Crippen LogP contribution < -0.4 is 21.5 Å². The number of nitrogens with two attached hydrogens (primary N) is 2. The highest BCUT2D eigenvalue weighted by atomic mass is 32.2. The van der Waals surface area contributed by atoms with E-state index in [-0.39, 0.29) is 25.3 Å². The van der Waals surface area contributed by atoms with Gasteiger partial charge >= 0.3 is 7.12 Å². The molecule has 0 unspecified atom stereocenters. The highest BCUT2D eigenvalue weighted by Crippen LogP contribution is 2.36. The number of hydrogen-bond donors (Lipinski definition) is 6. The molecular formula is C14H30BN5O5S. The zero-order chi connectivity index (χ0) is 19.8. The van der Waals surface area contributed by atoms with Gasteiger partial charge in [0.2, 0.25) is 5.91 Å². The molecule has 8 N–H and O–H groups in total. The quantitative estimate of drug-likeness (QED) is 0.189. The number of hydrogen-bond acceptors (Lipinski definition) is 7. The Morgan fingerprint density at radius 3 is 2.54 bits per heavy atom. The first-order valence-corrected chi connectivity index (χ1v) is 10.3. The van der Waals surface area contributed by atoms with Gasteiger partial charge in [-0.15, -0.1) is 0 Å². The van der Waals surface area contributed by atoms with Gasteiger partial charge < -0.3 is 26.8 Å². The van der Waals surface area contributed by atoms with Crippen LogP contribution in [0.15, 0.2) is 0 Å². The lowest BCUT2D eigenvalue weighted by Crippen LogP contribution is -2.57. The predicted octanol–water partition coefficient (Wildman–Crippen LogP) is -2.32. The SMILES string of the molecule is C[C@H](N)C(=O)NC1(NS(=O)(=O)N2C[C@H](CCCB(O)O)[C@@](C)(N)C2)CC1. The Morgan fingerprint density at radius 1 is 1.42 bits per heavy atom.